The van der Waals surface area contributed by atoms with Crippen molar-refractivity contribution in [1.29, 1.82) is 0 Å². The number of nitrogens with zero attached hydrogens (tertiary/aromatic N) is 1. The summed E-state index contributed by atoms with van der Waals surface area (Å²) in [7, 11) is 1.19. The van der Waals surface area contributed by atoms with Crippen molar-refractivity contribution in [2.45, 2.75) is 6.10 Å². The lowest BCUT2D eigenvalue weighted by atomic mass is 10.2. The number of amides is 1. The molecule has 108 valence electrons. The normalized spacial score (nSPS) is 11.7. The molecule has 0 aromatic heterocycles. The fraction of sp³-hybridized carbons (Fsp3) is 0.273. The lowest BCUT2D eigenvalue weighted by Gasteiger charge is -2.11. The zero-order chi connectivity index (χ0) is 15.3. The van der Waals surface area contributed by atoms with E-state index in [0.717, 1.165) is 6.07 Å². The molecule has 0 aliphatic rings. The Bertz CT molecular complexity index is 548. The van der Waals surface area contributed by atoms with Crippen molar-refractivity contribution >= 4 is 29.2 Å². The largest absolute Gasteiger partial charge is 0.479 e. The number of ether oxygens (including phenoxy) is 1. The smallest absolute Gasteiger partial charge is 0.334 e. The van der Waals surface area contributed by atoms with Gasteiger partial charge in [0.25, 0.3) is 11.6 Å². The lowest BCUT2D eigenvalue weighted by Crippen LogP contribution is -2.37. The minimum absolute atomic E-state index is 0.00124. The first kappa shape index (κ1) is 15.9. The van der Waals surface area contributed by atoms with Crippen molar-refractivity contribution < 1.29 is 24.4 Å². The highest BCUT2D eigenvalue weighted by Crippen LogP contribution is 2.24. The summed E-state index contributed by atoms with van der Waals surface area (Å²) in [5, 5.41) is 21.6. The molecule has 1 aromatic rings. The van der Waals surface area contributed by atoms with Gasteiger partial charge in [0.15, 0.2) is 6.10 Å². The Balaban J connectivity index is 2.80. The molecule has 8 nitrogen and oxygen atoms in total. The highest BCUT2D eigenvalue weighted by Gasteiger charge is 2.19. The van der Waals surface area contributed by atoms with E-state index in [1.165, 1.54) is 19.2 Å². The summed E-state index contributed by atoms with van der Waals surface area (Å²) >= 11 is 5.62. The van der Waals surface area contributed by atoms with E-state index in [4.69, 9.17) is 16.7 Å². The molecular weight excluding hydrogens is 292 g/mol. The molecule has 0 saturated heterocycles. The van der Waals surface area contributed by atoms with Crippen molar-refractivity contribution in [2.24, 2.45) is 0 Å². The monoisotopic (exact) mass is 302 g/mol. The van der Waals surface area contributed by atoms with Crippen LogP contribution in [0.1, 0.15) is 10.4 Å². The fourth-order valence-corrected chi connectivity index (χ4v) is 1.54. The predicted molar refractivity (Wildman–Crippen MR) is 68.9 cm³/mol. The van der Waals surface area contributed by atoms with Crippen LogP contribution in [-0.2, 0) is 9.53 Å². The number of aliphatic carboxylic acids is 1. The number of halogens is 1. The highest BCUT2D eigenvalue weighted by atomic mass is 35.5. The number of nitrogens with one attached hydrogen (secondary N) is 1. The number of carbonyl (C=O) groups is 2. The molecule has 0 radical (unpaired) electrons. The first-order valence-corrected chi connectivity index (χ1v) is 5.72. The van der Waals surface area contributed by atoms with Crippen LogP contribution in [0.4, 0.5) is 5.69 Å². The van der Waals surface area contributed by atoms with Gasteiger partial charge in [0.1, 0.15) is 5.02 Å². The van der Waals surface area contributed by atoms with E-state index in [1.54, 1.807) is 0 Å². The third kappa shape index (κ3) is 3.90. The molecule has 1 aromatic carbocycles. The first-order chi connectivity index (χ1) is 9.36. The number of methoxy groups -OCH3 is 1. The van der Waals surface area contributed by atoms with E-state index in [9.17, 15) is 19.7 Å². The van der Waals surface area contributed by atoms with E-state index >= 15 is 0 Å². The molecule has 0 spiro atoms. The summed E-state index contributed by atoms with van der Waals surface area (Å²) in [4.78, 5) is 32.4. The zero-order valence-electron chi connectivity index (χ0n) is 10.3. The Morgan fingerprint density at radius 2 is 2.20 bits per heavy atom. The number of carboxylic acid groups (broad SMARTS) is 1. The topological polar surface area (TPSA) is 119 Å². The van der Waals surface area contributed by atoms with Gasteiger partial charge in [-0.1, -0.05) is 11.6 Å². The van der Waals surface area contributed by atoms with Crippen LogP contribution in [0.15, 0.2) is 18.2 Å². The van der Waals surface area contributed by atoms with Gasteiger partial charge in [0, 0.05) is 18.7 Å². The van der Waals surface area contributed by atoms with E-state index in [2.05, 4.69) is 10.1 Å². The molecule has 20 heavy (non-hydrogen) atoms. The van der Waals surface area contributed by atoms with Crippen molar-refractivity contribution in [3.05, 3.63) is 38.9 Å². The number of carbonyl (C=O) groups excluding carboxylic acids is 1. The molecule has 2 N–H and O–H groups in total. The zero-order valence-corrected chi connectivity index (χ0v) is 11.1. The van der Waals surface area contributed by atoms with Gasteiger partial charge in [-0.25, -0.2) is 4.79 Å². The molecule has 0 saturated carbocycles. The van der Waals surface area contributed by atoms with Crippen LogP contribution in [-0.4, -0.2) is 41.7 Å². The third-order valence-electron chi connectivity index (χ3n) is 2.41. The average Bonchev–Trinajstić information content (AvgIpc) is 2.38. The lowest BCUT2D eigenvalue weighted by molar-refractivity contribution is -0.384. The predicted octanol–water partition coefficient (Wildman–Crippen LogP) is 1.08. The summed E-state index contributed by atoms with van der Waals surface area (Å²) in [6.07, 6.45) is -1.19. The number of benzene rings is 1. The molecule has 0 fully saturated rings. The third-order valence-corrected chi connectivity index (χ3v) is 2.73. The molecule has 1 rings (SSSR count). The summed E-state index contributed by atoms with van der Waals surface area (Å²) < 4.78 is 4.64. The second kappa shape index (κ2) is 6.83. The molecule has 1 atom stereocenters. The number of hydrogen-bond donors (Lipinski definition) is 2. The Kier molecular flexibility index (Phi) is 5.42. The number of hydrogen-bond acceptors (Lipinski definition) is 5. The second-order valence-corrected chi connectivity index (χ2v) is 4.10. The standard InChI is InChI=1S/C11H11ClN2O6/c1-20-9(11(16)17)5-13-10(15)6-2-3-7(12)8(4-6)14(18)19/h2-4,9H,5H2,1H3,(H,13,15)(H,16,17). The van der Waals surface area contributed by atoms with E-state index < -0.39 is 28.6 Å². The van der Waals surface area contributed by atoms with Crippen LogP contribution in [0, 0.1) is 10.1 Å². The molecular formula is C11H11ClN2O6. The van der Waals surface area contributed by atoms with E-state index in [1.807, 2.05) is 0 Å². The number of nitro groups is 1. The van der Waals surface area contributed by atoms with Gasteiger partial charge in [-0.2, -0.15) is 0 Å². The number of nitro benzene ring substituents is 1. The maximum Gasteiger partial charge on any atom is 0.334 e. The Morgan fingerprint density at radius 3 is 2.70 bits per heavy atom. The van der Waals surface area contributed by atoms with Crippen LogP contribution in [0.25, 0.3) is 0 Å². The molecule has 1 amide bonds. The van der Waals surface area contributed by atoms with Crippen LogP contribution in [0.5, 0.6) is 0 Å². The van der Waals surface area contributed by atoms with Crippen LogP contribution in [0.3, 0.4) is 0 Å². The summed E-state index contributed by atoms with van der Waals surface area (Å²) in [5.74, 6) is -1.89. The quantitative estimate of drug-likeness (QED) is 0.599. The molecule has 0 aliphatic carbocycles. The van der Waals surface area contributed by atoms with E-state index in [0.29, 0.717) is 0 Å². The average molecular weight is 303 g/mol. The van der Waals surface area contributed by atoms with Crippen molar-refractivity contribution in [3.8, 4) is 0 Å². The SMILES string of the molecule is COC(CNC(=O)c1ccc(Cl)c([N+](=O)[O-])c1)C(=O)O. The van der Waals surface area contributed by atoms with Gasteiger partial charge < -0.3 is 15.2 Å². The fourth-order valence-electron chi connectivity index (χ4n) is 1.35. The molecule has 0 heterocycles. The van der Waals surface area contributed by atoms with Crippen molar-refractivity contribution in [2.75, 3.05) is 13.7 Å². The van der Waals surface area contributed by atoms with Gasteiger partial charge in [0.2, 0.25) is 0 Å². The van der Waals surface area contributed by atoms with Crippen LogP contribution in [0.2, 0.25) is 5.02 Å². The Morgan fingerprint density at radius 1 is 1.55 bits per heavy atom. The van der Waals surface area contributed by atoms with Crippen molar-refractivity contribution in [3.63, 3.8) is 0 Å². The second-order valence-electron chi connectivity index (χ2n) is 3.70. The minimum Gasteiger partial charge on any atom is -0.479 e. The van der Waals surface area contributed by atoms with Gasteiger partial charge in [-0.15, -0.1) is 0 Å². The molecule has 0 bridgehead atoms. The van der Waals surface area contributed by atoms with Gasteiger partial charge in [-0.3, -0.25) is 14.9 Å². The van der Waals surface area contributed by atoms with Crippen LogP contribution < -0.4 is 5.32 Å². The summed E-state index contributed by atoms with van der Waals surface area (Å²) in [6, 6.07) is 3.53. The Hall–Kier alpha value is -2.19. The first-order valence-electron chi connectivity index (χ1n) is 5.34. The summed E-state index contributed by atoms with van der Waals surface area (Å²) in [5.41, 5.74) is -0.401. The van der Waals surface area contributed by atoms with Crippen molar-refractivity contribution in [1.82, 2.24) is 5.32 Å². The molecule has 9 heteroatoms. The maximum atomic E-state index is 11.7. The summed E-state index contributed by atoms with van der Waals surface area (Å²) in [6.45, 7) is -0.263. The molecule has 1 unspecified atom stereocenters. The molecule has 0 aliphatic heterocycles. The number of carboxylic acids is 1. The maximum absolute atomic E-state index is 11.7. The Labute approximate surface area is 118 Å². The number of rotatable bonds is 6. The van der Waals surface area contributed by atoms with Crippen LogP contribution >= 0.6 is 11.6 Å². The van der Waals surface area contributed by atoms with Gasteiger partial charge >= 0.3 is 5.97 Å². The minimum atomic E-state index is -1.23. The highest BCUT2D eigenvalue weighted by molar-refractivity contribution is 6.32. The van der Waals surface area contributed by atoms with Gasteiger partial charge in [0.05, 0.1) is 11.5 Å². The van der Waals surface area contributed by atoms with E-state index in [-0.39, 0.29) is 17.1 Å². The van der Waals surface area contributed by atoms with Gasteiger partial charge in [-0.05, 0) is 12.1 Å².